The predicted octanol–water partition coefficient (Wildman–Crippen LogP) is 3.99. The molecule has 1 aromatic carbocycles. The van der Waals surface area contributed by atoms with Crippen molar-refractivity contribution in [1.29, 1.82) is 0 Å². The van der Waals surface area contributed by atoms with Gasteiger partial charge in [-0.3, -0.25) is 4.98 Å². The maximum atomic E-state index is 13.7. The van der Waals surface area contributed by atoms with Crippen molar-refractivity contribution in [3.63, 3.8) is 0 Å². The quantitative estimate of drug-likeness (QED) is 0.920. The normalized spacial score (nSPS) is 12.4. The van der Waals surface area contributed by atoms with Gasteiger partial charge in [-0.05, 0) is 52.2 Å². The number of nitrogens with zero attached hydrogens (tertiary/aromatic N) is 1. The maximum absolute atomic E-state index is 13.7. The number of aryl methyl sites for hydroxylation is 1. The standard InChI is InChI=1S/C15H16BrFN2/c1-3-19-15(11-7-10(2)8-18-9-11)12-5-4-6-13(17)14(12)16/h4-9,15,19H,3H2,1-2H3. The molecule has 0 aliphatic carbocycles. The average Bonchev–Trinajstić information content (AvgIpc) is 2.40. The molecule has 0 saturated heterocycles. The van der Waals surface area contributed by atoms with Crippen LogP contribution in [-0.2, 0) is 0 Å². The van der Waals surface area contributed by atoms with Crippen LogP contribution < -0.4 is 5.32 Å². The lowest BCUT2D eigenvalue weighted by Crippen LogP contribution is -2.22. The van der Waals surface area contributed by atoms with Gasteiger partial charge in [0.25, 0.3) is 0 Å². The number of benzene rings is 1. The number of hydrogen-bond donors (Lipinski definition) is 1. The van der Waals surface area contributed by atoms with Crippen molar-refractivity contribution in [2.45, 2.75) is 19.9 Å². The fraction of sp³-hybridized carbons (Fsp3) is 0.267. The number of halogens is 2. The molecule has 0 bridgehead atoms. The second-order valence-electron chi connectivity index (χ2n) is 4.43. The number of aromatic nitrogens is 1. The Kier molecular flexibility index (Phi) is 4.66. The molecule has 1 heterocycles. The first-order valence-corrected chi connectivity index (χ1v) is 7.01. The zero-order valence-electron chi connectivity index (χ0n) is 11.0. The molecule has 0 fully saturated rings. The summed E-state index contributed by atoms with van der Waals surface area (Å²) in [6.45, 7) is 4.82. The third-order valence-corrected chi connectivity index (χ3v) is 3.77. The molecule has 0 aliphatic rings. The van der Waals surface area contributed by atoms with Gasteiger partial charge in [0.2, 0.25) is 0 Å². The molecule has 2 aromatic rings. The van der Waals surface area contributed by atoms with Gasteiger partial charge >= 0.3 is 0 Å². The van der Waals surface area contributed by atoms with Gasteiger partial charge in [0, 0.05) is 12.4 Å². The molecule has 2 rings (SSSR count). The highest BCUT2D eigenvalue weighted by Crippen LogP contribution is 2.30. The van der Waals surface area contributed by atoms with Crippen LogP contribution in [0.1, 0.15) is 29.7 Å². The van der Waals surface area contributed by atoms with E-state index in [0.29, 0.717) is 4.47 Å². The van der Waals surface area contributed by atoms with Gasteiger partial charge in [0.05, 0.1) is 10.5 Å². The lowest BCUT2D eigenvalue weighted by molar-refractivity contribution is 0.594. The molecule has 1 aromatic heterocycles. The number of pyridine rings is 1. The van der Waals surface area contributed by atoms with Crippen molar-refractivity contribution < 1.29 is 4.39 Å². The van der Waals surface area contributed by atoms with E-state index in [1.165, 1.54) is 6.07 Å². The molecule has 1 atom stereocenters. The Bertz CT molecular complexity index is 572. The lowest BCUT2D eigenvalue weighted by atomic mass is 9.99. The molecule has 100 valence electrons. The van der Waals surface area contributed by atoms with Gasteiger partial charge in [0.1, 0.15) is 5.82 Å². The van der Waals surface area contributed by atoms with E-state index in [2.05, 4.69) is 32.3 Å². The summed E-state index contributed by atoms with van der Waals surface area (Å²) in [5.41, 5.74) is 3.01. The Morgan fingerprint density at radius 1 is 1.37 bits per heavy atom. The lowest BCUT2D eigenvalue weighted by Gasteiger charge is -2.20. The van der Waals surface area contributed by atoms with Crippen LogP contribution in [0, 0.1) is 12.7 Å². The zero-order chi connectivity index (χ0) is 13.8. The number of hydrogen-bond acceptors (Lipinski definition) is 2. The van der Waals surface area contributed by atoms with Gasteiger partial charge < -0.3 is 5.32 Å². The van der Waals surface area contributed by atoms with E-state index in [0.717, 1.165) is 23.2 Å². The molecular weight excluding hydrogens is 307 g/mol. The molecular formula is C15H16BrFN2. The summed E-state index contributed by atoms with van der Waals surface area (Å²) in [5.74, 6) is -0.249. The minimum absolute atomic E-state index is 0.0672. The number of rotatable bonds is 4. The Morgan fingerprint density at radius 3 is 2.84 bits per heavy atom. The smallest absolute Gasteiger partial charge is 0.137 e. The Balaban J connectivity index is 2.48. The highest BCUT2D eigenvalue weighted by atomic mass is 79.9. The van der Waals surface area contributed by atoms with Gasteiger partial charge in [-0.15, -0.1) is 0 Å². The predicted molar refractivity (Wildman–Crippen MR) is 78.6 cm³/mol. The van der Waals surface area contributed by atoms with Gasteiger partial charge in [0.15, 0.2) is 0 Å². The summed E-state index contributed by atoms with van der Waals surface area (Å²) in [4.78, 5) is 4.22. The van der Waals surface area contributed by atoms with Crippen molar-refractivity contribution in [2.24, 2.45) is 0 Å². The fourth-order valence-electron chi connectivity index (χ4n) is 2.09. The van der Waals surface area contributed by atoms with Crippen LogP contribution in [0.25, 0.3) is 0 Å². The monoisotopic (exact) mass is 322 g/mol. The van der Waals surface area contributed by atoms with Gasteiger partial charge in [-0.1, -0.05) is 25.1 Å². The summed E-state index contributed by atoms with van der Waals surface area (Å²) < 4.78 is 14.2. The summed E-state index contributed by atoms with van der Waals surface area (Å²) in [6.07, 6.45) is 3.63. The van der Waals surface area contributed by atoms with E-state index in [4.69, 9.17) is 0 Å². The highest BCUT2D eigenvalue weighted by molar-refractivity contribution is 9.10. The topological polar surface area (TPSA) is 24.9 Å². The van der Waals surface area contributed by atoms with Crippen LogP contribution in [0.4, 0.5) is 4.39 Å². The largest absolute Gasteiger partial charge is 0.306 e. The summed E-state index contributed by atoms with van der Waals surface area (Å²) >= 11 is 3.33. The molecule has 0 amide bonds. The van der Waals surface area contributed by atoms with Crippen molar-refractivity contribution >= 4 is 15.9 Å². The Hall–Kier alpha value is -1.26. The van der Waals surface area contributed by atoms with Crippen molar-refractivity contribution in [3.8, 4) is 0 Å². The van der Waals surface area contributed by atoms with E-state index in [9.17, 15) is 4.39 Å². The maximum Gasteiger partial charge on any atom is 0.137 e. The van der Waals surface area contributed by atoms with Crippen LogP contribution >= 0.6 is 15.9 Å². The SMILES string of the molecule is CCNC(c1cncc(C)c1)c1cccc(F)c1Br. The molecule has 0 spiro atoms. The summed E-state index contributed by atoms with van der Waals surface area (Å²) in [5, 5.41) is 3.37. The van der Waals surface area contributed by atoms with Crippen LogP contribution in [-0.4, -0.2) is 11.5 Å². The van der Waals surface area contributed by atoms with Crippen molar-refractivity contribution in [3.05, 3.63) is 63.6 Å². The first kappa shape index (κ1) is 14.2. The zero-order valence-corrected chi connectivity index (χ0v) is 12.5. The summed E-state index contributed by atoms with van der Waals surface area (Å²) in [7, 11) is 0. The van der Waals surface area contributed by atoms with Crippen LogP contribution in [0.15, 0.2) is 41.1 Å². The van der Waals surface area contributed by atoms with E-state index in [1.54, 1.807) is 6.07 Å². The fourth-order valence-corrected chi connectivity index (χ4v) is 2.58. The van der Waals surface area contributed by atoms with Crippen LogP contribution in [0.3, 0.4) is 0 Å². The minimum Gasteiger partial charge on any atom is -0.306 e. The van der Waals surface area contributed by atoms with E-state index in [1.807, 2.05) is 32.3 Å². The van der Waals surface area contributed by atoms with Crippen molar-refractivity contribution in [1.82, 2.24) is 10.3 Å². The molecule has 1 unspecified atom stereocenters. The average molecular weight is 323 g/mol. The Labute approximate surface area is 121 Å². The first-order valence-electron chi connectivity index (χ1n) is 6.22. The first-order chi connectivity index (χ1) is 9.13. The van der Waals surface area contributed by atoms with E-state index < -0.39 is 0 Å². The number of nitrogens with one attached hydrogen (secondary N) is 1. The van der Waals surface area contributed by atoms with Crippen LogP contribution in [0.5, 0.6) is 0 Å². The highest BCUT2D eigenvalue weighted by Gasteiger charge is 2.18. The Morgan fingerprint density at radius 2 is 2.16 bits per heavy atom. The molecule has 19 heavy (non-hydrogen) atoms. The third kappa shape index (κ3) is 3.19. The van der Waals surface area contributed by atoms with Crippen LogP contribution in [0.2, 0.25) is 0 Å². The van der Waals surface area contributed by atoms with Gasteiger partial charge in [-0.2, -0.15) is 0 Å². The molecule has 4 heteroatoms. The van der Waals surface area contributed by atoms with E-state index >= 15 is 0 Å². The molecule has 0 saturated carbocycles. The van der Waals surface area contributed by atoms with E-state index in [-0.39, 0.29) is 11.9 Å². The summed E-state index contributed by atoms with van der Waals surface area (Å²) in [6, 6.07) is 7.09. The molecule has 0 aliphatic heterocycles. The molecule has 1 N–H and O–H groups in total. The molecule has 0 radical (unpaired) electrons. The second-order valence-corrected chi connectivity index (χ2v) is 5.22. The van der Waals surface area contributed by atoms with Gasteiger partial charge in [-0.25, -0.2) is 4.39 Å². The minimum atomic E-state index is -0.249. The molecule has 2 nitrogen and oxygen atoms in total. The third-order valence-electron chi connectivity index (χ3n) is 2.93. The second kappa shape index (κ2) is 6.26. The van der Waals surface area contributed by atoms with Crippen molar-refractivity contribution in [2.75, 3.05) is 6.54 Å².